The van der Waals surface area contributed by atoms with Crippen LogP contribution in [0.2, 0.25) is 0 Å². The molecule has 2 rings (SSSR count). The molecule has 4 nitrogen and oxygen atoms in total. The Kier molecular flexibility index (Phi) is 2.78. The SMILES string of the molecule is COC(=O)C1(C#N)CC(C)=C2C(=O)CCC[C@@H]21. The van der Waals surface area contributed by atoms with Crippen LogP contribution in [0.1, 0.15) is 32.6 Å². The van der Waals surface area contributed by atoms with E-state index in [1.807, 2.05) is 6.92 Å². The normalized spacial score (nSPS) is 32.1. The van der Waals surface area contributed by atoms with Crippen LogP contribution in [0.4, 0.5) is 0 Å². The average Bonchev–Trinajstić information content (AvgIpc) is 2.64. The van der Waals surface area contributed by atoms with Crippen LogP contribution in [0.15, 0.2) is 11.1 Å². The van der Waals surface area contributed by atoms with Gasteiger partial charge in [-0.25, -0.2) is 0 Å². The molecule has 0 aromatic rings. The van der Waals surface area contributed by atoms with Gasteiger partial charge in [0.25, 0.3) is 0 Å². The van der Waals surface area contributed by atoms with Crippen molar-refractivity contribution in [3.63, 3.8) is 0 Å². The highest BCUT2D eigenvalue weighted by atomic mass is 16.5. The second-order valence-electron chi connectivity index (χ2n) is 4.81. The Morgan fingerprint density at radius 2 is 2.29 bits per heavy atom. The van der Waals surface area contributed by atoms with Gasteiger partial charge in [-0.15, -0.1) is 0 Å². The Labute approximate surface area is 100 Å². The predicted molar refractivity (Wildman–Crippen MR) is 59.7 cm³/mol. The second kappa shape index (κ2) is 3.99. The topological polar surface area (TPSA) is 67.2 Å². The second-order valence-corrected chi connectivity index (χ2v) is 4.81. The van der Waals surface area contributed by atoms with Gasteiger partial charge in [0.05, 0.1) is 13.2 Å². The number of carbonyl (C=O) groups excluding carboxylic acids is 2. The van der Waals surface area contributed by atoms with Crippen molar-refractivity contribution in [1.82, 2.24) is 0 Å². The van der Waals surface area contributed by atoms with Crippen molar-refractivity contribution >= 4 is 11.8 Å². The lowest BCUT2D eigenvalue weighted by Crippen LogP contribution is -2.38. The van der Waals surface area contributed by atoms with E-state index in [2.05, 4.69) is 6.07 Å². The molecule has 2 aliphatic carbocycles. The number of nitrogens with zero attached hydrogens (tertiary/aromatic N) is 1. The monoisotopic (exact) mass is 233 g/mol. The molecular formula is C13H15NO3. The van der Waals surface area contributed by atoms with E-state index >= 15 is 0 Å². The van der Waals surface area contributed by atoms with Gasteiger partial charge in [-0.2, -0.15) is 5.26 Å². The smallest absolute Gasteiger partial charge is 0.327 e. The number of nitriles is 1. The number of allylic oxidation sites excluding steroid dienone is 2. The van der Waals surface area contributed by atoms with Gasteiger partial charge in [0, 0.05) is 12.3 Å². The number of Topliss-reactive ketones (excluding diaryl/α,β-unsaturated/α-hetero) is 1. The van der Waals surface area contributed by atoms with Gasteiger partial charge in [0.2, 0.25) is 0 Å². The third-order valence-electron chi connectivity index (χ3n) is 3.89. The Balaban J connectivity index is 2.46. The van der Waals surface area contributed by atoms with Crippen molar-refractivity contribution in [3.05, 3.63) is 11.1 Å². The van der Waals surface area contributed by atoms with Crippen molar-refractivity contribution in [2.75, 3.05) is 7.11 Å². The number of hydrogen-bond acceptors (Lipinski definition) is 4. The molecule has 0 aromatic heterocycles. The summed E-state index contributed by atoms with van der Waals surface area (Å²) in [4.78, 5) is 23.8. The largest absolute Gasteiger partial charge is 0.468 e. The molecule has 0 N–H and O–H groups in total. The maximum atomic E-state index is 11.9. The van der Waals surface area contributed by atoms with E-state index in [1.165, 1.54) is 7.11 Å². The first kappa shape index (κ1) is 11.8. The van der Waals surface area contributed by atoms with Gasteiger partial charge < -0.3 is 4.74 Å². The summed E-state index contributed by atoms with van der Waals surface area (Å²) in [5.74, 6) is -0.671. The molecule has 1 saturated carbocycles. The lowest BCUT2D eigenvalue weighted by atomic mass is 9.70. The van der Waals surface area contributed by atoms with Gasteiger partial charge in [0.15, 0.2) is 11.2 Å². The van der Waals surface area contributed by atoms with Crippen LogP contribution < -0.4 is 0 Å². The van der Waals surface area contributed by atoms with Gasteiger partial charge in [0.1, 0.15) is 0 Å². The third kappa shape index (κ3) is 1.49. The van der Waals surface area contributed by atoms with Gasteiger partial charge in [-0.3, -0.25) is 9.59 Å². The van der Waals surface area contributed by atoms with E-state index in [1.54, 1.807) is 0 Å². The summed E-state index contributed by atoms with van der Waals surface area (Å²) in [5, 5.41) is 9.37. The van der Waals surface area contributed by atoms with Crippen molar-refractivity contribution < 1.29 is 14.3 Å². The van der Waals surface area contributed by atoms with E-state index in [9.17, 15) is 14.9 Å². The predicted octanol–water partition coefficient (Wildman–Crippen LogP) is 1.76. The Bertz CT molecular complexity index is 458. The first-order chi connectivity index (χ1) is 8.06. The van der Waals surface area contributed by atoms with Crippen LogP contribution >= 0.6 is 0 Å². The summed E-state index contributed by atoms with van der Waals surface area (Å²) in [6.45, 7) is 1.84. The van der Waals surface area contributed by atoms with Crippen LogP contribution in [0.5, 0.6) is 0 Å². The summed E-state index contributed by atoms with van der Waals surface area (Å²) in [5.41, 5.74) is 0.430. The van der Waals surface area contributed by atoms with Crippen LogP contribution in [0.3, 0.4) is 0 Å². The lowest BCUT2D eigenvalue weighted by molar-refractivity contribution is -0.151. The first-order valence-electron chi connectivity index (χ1n) is 5.79. The summed E-state index contributed by atoms with van der Waals surface area (Å²) in [7, 11) is 1.29. The number of esters is 1. The van der Waals surface area contributed by atoms with Crippen LogP contribution in [-0.2, 0) is 14.3 Å². The molecule has 0 spiro atoms. The Morgan fingerprint density at radius 1 is 1.59 bits per heavy atom. The highest BCUT2D eigenvalue weighted by Gasteiger charge is 2.55. The van der Waals surface area contributed by atoms with Crippen molar-refractivity contribution in [1.29, 1.82) is 5.26 Å². The molecule has 0 aromatic carbocycles. The number of carbonyl (C=O) groups is 2. The highest BCUT2D eigenvalue weighted by Crippen LogP contribution is 2.52. The molecule has 1 unspecified atom stereocenters. The van der Waals surface area contributed by atoms with Crippen LogP contribution in [0.25, 0.3) is 0 Å². The molecule has 0 bridgehead atoms. The molecule has 90 valence electrons. The minimum absolute atomic E-state index is 0.0970. The minimum atomic E-state index is -1.16. The number of rotatable bonds is 1. The van der Waals surface area contributed by atoms with E-state index in [0.29, 0.717) is 18.4 Å². The molecule has 2 aliphatic rings. The minimum Gasteiger partial charge on any atom is -0.468 e. The van der Waals surface area contributed by atoms with E-state index in [-0.39, 0.29) is 11.7 Å². The average molecular weight is 233 g/mol. The fraction of sp³-hybridized carbons (Fsp3) is 0.615. The summed E-state index contributed by atoms with van der Waals surface area (Å²) in [6, 6.07) is 2.11. The van der Waals surface area contributed by atoms with Crippen molar-refractivity contribution in [2.24, 2.45) is 11.3 Å². The van der Waals surface area contributed by atoms with E-state index in [4.69, 9.17) is 4.74 Å². The Morgan fingerprint density at radius 3 is 2.88 bits per heavy atom. The van der Waals surface area contributed by atoms with Gasteiger partial charge >= 0.3 is 5.97 Å². The fourth-order valence-corrected chi connectivity index (χ4v) is 3.16. The van der Waals surface area contributed by atoms with Crippen LogP contribution in [0, 0.1) is 22.7 Å². The standard InChI is InChI=1S/C13H15NO3/c1-8-6-13(7-14,12(16)17-2)9-4-3-5-10(15)11(8)9/h9H,3-6H2,1-2H3/t9-,13?/m0/s1. The number of fused-ring (bicyclic) bond motifs is 1. The van der Waals surface area contributed by atoms with Gasteiger partial charge in [-0.05, 0) is 31.8 Å². The quantitative estimate of drug-likeness (QED) is 0.647. The molecule has 1 fully saturated rings. The molecule has 0 heterocycles. The van der Waals surface area contributed by atoms with E-state index in [0.717, 1.165) is 18.4 Å². The fourth-order valence-electron chi connectivity index (χ4n) is 3.16. The molecule has 0 amide bonds. The third-order valence-corrected chi connectivity index (χ3v) is 3.89. The molecule has 0 aliphatic heterocycles. The molecule has 0 radical (unpaired) electrons. The number of hydrogen-bond donors (Lipinski definition) is 0. The maximum Gasteiger partial charge on any atom is 0.327 e. The first-order valence-corrected chi connectivity index (χ1v) is 5.79. The lowest BCUT2D eigenvalue weighted by Gasteiger charge is -2.30. The zero-order valence-corrected chi connectivity index (χ0v) is 10.1. The van der Waals surface area contributed by atoms with Crippen molar-refractivity contribution in [3.8, 4) is 6.07 Å². The van der Waals surface area contributed by atoms with Crippen molar-refractivity contribution in [2.45, 2.75) is 32.6 Å². The summed E-state index contributed by atoms with van der Waals surface area (Å²) in [6.07, 6.45) is 2.34. The summed E-state index contributed by atoms with van der Waals surface area (Å²) >= 11 is 0. The zero-order chi connectivity index (χ0) is 12.6. The number of ether oxygens (including phenoxy) is 1. The molecule has 2 atom stereocenters. The highest BCUT2D eigenvalue weighted by molar-refractivity contribution is 6.00. The molecule has 17 heavy (non-hydrogen) atoms. The van der Waals surface area contributed by atoms with Crippen LogP contribution in [-0.4, -0.2) is 18.9 Å². The number of methoxy groups -OCH3 is 1. The van der Waals surface area contributed by atoms with E-state index < -0.39 is 11.4 Å². The number of ketones is 1. The molecule has 4 heteroatoms. The van der Waals surface area contributed by atoms with Gasteiger partial charge in [-0.1, -0.05) is 5.57 Å². The maximum absolute atomic E-state index is 11.9. The zero-order valence-electron chi connectivity index (χ0n) is 10.1. The molecule has 0 saturated heterocycles. The Hall–Kier alpha value is -1.63. The summed E-state index contributed by atoms with van der Waals surface area (Å²) < 4.78 is 4.76. The molecular weight excluding hydrogens is 218 g/mol.